The lowest BCUT2D eigenvalue weighted by Gasteiger charge is -2.49. The minimum atomic E-state index is -1.25. The summed E-state index contributed by atoms with van der Waals surface area (Å²) in [7, 11) is 0. The number of nitrogens with two attached hydrogens (primary N) is 1. The van der Waals surface area contributed by atoms with Gasteiger partial charge in [-0.2, -0.15) is 0 Å². The molecule has 4 N–H and O–H groups in total. The number of nitrogens with one attached hydrogen (secondary N) is 1. The summed E-state index contributed by atoms with van der Waals surface area (Å²) in [5, 5.41) is 17.3. The fraction of sp³-hybridized carbons (Fsp3) is 0.333. The number of esters is 1. The van der Waals surface area contributed by atoms with E-state index in [0.29, 0.717) is 27.1 Å². The van der Waals surface area contributed by atoms with E-state index in [2.05, 4.69) is 15.5 Å². The molecule has 2 atom stereocenters. The fourth-order valence-electron chi connectivity index (χ4n) is 3.15. The number of hydrogen-bond donors (Lipinski definition) is 3. The van der Waals surface area contributed by atoms with Crippen LogP contribution >= 0.6 is 34.9 Å². The molecule has 33 heavy (non-hydrogen) atoms. The number of aromatic nitrogens is 1. The molecule has 3 aliphatic rings. The van der Waals surface area contributed by atoms with Crippen molar-refractivity contribution in [2.45, 2.75) is 18.0 Å². The maximum atomic E-state index is 12.6. The highest BCUT2D eigenvalue weighted by molar-refractivity contribution is 8.06. The number of nitrogen functional groups attached to an aromatic ring is 1. The van der Waals surface area contributed by atoms with E-state index in [1.165, 1.54) is 34.9 Å². The Bertz CT molecular complexity index is 1100. The van der Waals surface area contributed by atoms with E-state index in [9.17, 15) is 24.3 Å². The predicted octanol–water partition coefficient (Wildman–Crippen LogP) is 0.140. The van der Waals surface area contributed by atoms with Crippen LogP contribution in [0.25, 0.3) is 0 Å². The maximum Gasteiger partial charge on any atom is 0.353 e. The summed E-state index contributed by atoms with van der Waals surface area (Å²) in [6.07, 6.45) is 2.54. The molecule has 174 valence electrons. The van der Waals surface area contributed by atoms with Gasteiger partial charge in [-0.1, -0.05) is 5.16 Å². The topological polar surface area (TPSA) is 174 Å². The quantitative estimate of drug-likeness (QED) is 0.178. The second kappa shape index (κ2) is 9.84. The van der Waals surface area contributed by atoms with Crippen molar-refractivity contribution in [1.82, 2.24) is 15.2 Å². The van der Waals surface area contributed by atoms with E-state index in [1.807, 2.05) is 0 Å². The number of aliphatic carboxylic acids is 1. The summed E-state index contributed by atoms with van der Waals surface area (Å²) in [6.45, 7) is 0.240. The predicted molar refractivity (Wildman–Crippen MR) is 121 cm³/mol. The molecule has 2 amide bonds. The largest absolute Gasteiger partial charge is 0.477 e. The third-order valence-electron chi connectivity index (χ3n) is 4.67. The van der Waals surface area contributed by atoms with Crippen LogP contribution in [0.4, 0.5) is 5.13 Å². The molecule has 0 aromatic carbocycles. The summed E-state index contributed by atoms with van der Waals surface area (Å²) >= 11 is 3.76. The van der Waals surface area contributed by atoms with Crippen LogP contribution in [0.2, 0.25) is 0 Å². The van der Waals surface area contributed by atoms with Crippen molar-refractivity contribution in [2.75, 3.05) is 23.8 Å². The lowest BCUT2D eigenvalue weighted by molar-refractivity contribution is -0.150. The average molecular weight is 512 g/mol. The first-order valence-electron chi connectivity index (χ1n) is 9.41. The van der Waals surface area contributed by atoms with Gasteiger partial charge in [0.2, 0.25) is 0 Å². The number of thiazole rings is 1. The van der Waals surface area contributed by atoms with Gasteiger partial charge in [-0.25, -0.2) is 14.6 Å². The van der Waals surface area contributed by atoms with Crippen LogP contribution in [0.3, 0.4) is 0 Å². The Morgan fingerprint density at radius 1 is 1.48 bits per heavy atom. The van der Waals surface area contributed by atoms with E-state index >= 15 is 0 Å². The molecule has 4 rings (SSSR count). The van der Waals surface area contributed by atoms with Gasteiger partial charge < -0.3 is 25.7 Å². The number of rotatable bonds is 9. The molecule has 1 aromatic rings. The number of hydrogen-bond acceptors (Lipinski definition) is 12. The minimum absolute atomic E-state index is 0.0356. The van der Waals surface area contributed by atoms with Crippen LogP contribution in [0.5, 0.6) is 0 Å². The summed E-state index contributed by atoms with van der Waals surface area (Å²) in [5.74, 6) is -2.29. The van der Waals surface area contributed by atoms with E-state index in [4.69, 9.17) is 15.3 Å². The van der Waals surface area contributed by atoms with Crippen molar-refractivity contribution in [3.8, 4) is 0 Å². The number of ether oxygens (including phenoxy) is 1. The van der Waals surface area contributed by atoms with Crippen LogP contribution in [0, 0.1) is 0 Å². The highest BCUT2D eigenvalue weighted by atomic mass is 32.2. The average Bonchev–Trinajstić information content (AvgIpc) is 3.40. The van der Waals surface area contributed by atoms with E-state index in [0.717, 1.165) is 11.1 Å². The highest BCUT2D eigenvalue weighted by Crippen LogP contribution is 2.43. The van der Waals surface area contributed by atoms with Crippen molar-refractivity contribution in [3.63, 3.8) is 0 Å². The third kappa shape index (κ3) is 4.99. The molecule has 0 aliphatic carbocycles. The molecule has 15 heteroatoms. The lowest BCUT2D eigenvalue weighted by atomic mass is 10.1. The molecular formula is C18H17N5O7S3. The Morgan fingerprint density at radius 3 is 2.97 bits per heavy atom. The Kier molecular flexibility index (Phi) is 6.90. The van der Waals surface area contributed by atoms with Gasteiger partial charge in [0.25, 0.3) is 11.8 Å². The molecule has 0 bridgehead atoms. The number of fused-ring (bicyclic) bond motifs is 1. The minimum Gasteiger partial charge on any atom is -0.477 e. The molecule has 12 nitrogen and oxygen atoms in total. The first-order chi connectivity index (χ1) is 15.8. The zero-order valence-corrected chi connectivity index (χ0v) is 19.2. The number of carbonyl (C=O) groups excluding carboxylic acids is 3. The molecule has 0 radical (unpaired) electrons. The first-order valence-corrected chi connectivity index (χ1v) is 12.3. The maximum absolute atomic E-state index is 12.6. The molecule has 1 aromatic heterocycles. The Morgan fingerprint density at radius 2 is 2.30 bits per heavy atom. The summed E-state index contributed by atoms with van der Waals surface area (Å²) < 4.78 is 4.84. The fourth-order valence-corrected chi connectivity index (χ4v) is 6.31. The van der Waals surface area contributed by atoms with Gasteiger partial charge in [0.15, 0.2) is 11.7 Å². The van der Waals surface area contributed by atoms with Crippen LogP contribution < -0.4 is 11.1 Å². The molecule has 3 aliphatic heterocycles. The standard InChI is InChI=1S/C18H17N5O7S3/c19-18-21-9(6-33-18)4-30-20-3-11(24)22-12-14(25)23-13(16(26)27)10(7-32-15(12)23)31-5-8-1-2-29-17(8)28/h1,3,6,12,15H,2,4-5,7H2,(H2,19,21)(H,22,24)(H,26,27)/b20-3-/t12-,15-/m1/s1. The van der Waals surface area contributed by atoms with Crippen LogP contribution in [0.1, 0.15) is 5.69 Å². The zero-order chi connectivity index (χ0) is 23.5. The van der Waals surface area contributed by atoms with E-state index in [-0.39, 0.29) is 24.7 Å². The SMILES string of the molecule is Nc1nc(CO/N=C\C(=O)N[C@@H]2C(=O)N3C(C(=O)O)=C(SCC4=CCOC4=O)CS[C@H]23)cs1. The Balaban J connectivity index is 1.33. The van der Waals surface area contributed by atoms with Crippen LogP contribution in [-0.2, 0) is 35.4 Å². The van der Waals surface area contributed by atoms with Crippen molar-refractivity contribution in [2.24, 2.45) is 5.16 Å². The van der Waals surface area contributed by atoms with Gasteiger partial charge in [0.1, 0.15) is 29.9 Å². The van der Waals surface area contributed by atoms with Crippen molar-refractivity contribution in [3.05, 3.63) is 33.3 Å². The van der Waals surface area contributed by atoms with E-state index < -0.39 is 35.2 Å². The molecular weight excluding hydrogens is 494 g/mol. The second-order valence-corrected chi connectivity index (χ2v) is 9.84. The summed E-state index contributed by atoms with van der Waals surface area (Å²) in [4.78, 5) is 58.8. The van der Waals surface area contributed by atoms with E-state index in [1.54, 1.807) is 11.5 Å². The van der Waals surface area contributed by atoms with Gasteiger partial charge in [0.05, 0.1) is 5.69 Å². The van der Waals surface area contributed by atoms with Crippen molar-refractivity contribution < 1.29 is 33.9 Å². The van der Waals surface area contributed by atoms with Crippen molar-refractivity contribution in [1.29, 1.82) is 0 Å². The van der Waals surface area contributed by atoms with Crippen LogP contribution in [0.15, 0.2) is 32.8 Å². The number of anilines is 1. The number of carbonyl (C=O) groups is 4. The lowest BCUT2D eigenvalue weighted by Crippen LogP contribution is -2.70. The number of oxime groups is 1. The number of carboxylic acid groups (broad SMARTS) is 1. The number of cyclic esters (lactones) is 1. The number of carboxylic acids is 1. The molecule has 0 unspecified atom stereocenters. The first kappa shape index (κ1) is 23.1. The molecule has 1 saturated heterocycles. The second-order valence-electron chi connectivity index (χ2n) is 6.77. The van der Waals surface area contributed by atoms with Gasteiger partial charge in [-0.3, -0.25) is 14.5 Å². The van der Waals surface area contributed by atoms with Gasteiger partial charge >= 0.3 is 11.9 Å². The zero-order valence-electron chi connectivity index (χ0n) is 16.8. The monoisotopic (exact) mass is 511 g/mol. The Labute approximate surface area is 199 Å². The van der Waals surface area contributed by atoms with Crippen molar-refractivity contribution >= 4 is 70.0 Å². The molecule has 0 saturated carbocycles. The molecule has 4 heterocycles. The number of amides is 2. The van der Waals surface area contributed by atoms with Gasteiger partial charge in [-0.05, 0) is 6.08 Å². The third-order valence-corrected chi connectivity index (χ3v) is 8.00. The number of nitrogens with zero attached hydrogens (tertiary/aromatic N) is 3. The molecule has 0 spiro atoms. The number of thioether (sulfide) groups is 2. The Hall–Kier alpha value is -3.04. The summed E-state index contributed by atoms with van der Waals surface area (Å²) in [6, 6.07) is -0.888. The summed E-state index contributed by atoms with van der Waals surface area (Å²) in [5.41, 5.74) is 6.41. The molecule has 1 fully saturated rings. The smallest absolute Gasteiger partial charge is 0.353 e. The van der Waals surface area contributed by atoms with Crippen LogP contribution in [-0.4, -0.2) is 74.5 Å². The van der Waals surface area contributed by atoms with Gasteiger partial charge in [0, 0.05) is 27.4 Å². The highest BCUT2D eigenvalue weighted by Gasteiger charge is 2.54. The normalized spacial score (nSPS) is 22.1. The number of β-lactam (4-membered cyclic amide) rings is 1. The van der Waals surface area contributed by atoms with Gasteiger partial charge in [-0.15, -0.1) is 34.9 Å².